The smallest absolute Gasteiger partial charge is 0.243 e. The van der Waals surface area contributed by atoms with Gasteiger partial charge in [-0.2, -0.15) is 4.31 Å². The molecule has 4 rings (SSSR count). The maximum atomic E-state index is 13.1. The number of carbonyl (C=O) groups excluding carboxylic acids is 1. The monoisotopic (exact) mass is 436 g/mol. The van der Waals surface area contributed by atoms with Gasteiger partial charge >= 0.3 is 0 Å². The zero-order chi connectivity index (χ0) is 21.3. The molecule has 7 nitrogen and oxygen atoms in total. The maximum absolute atomic E-state index is 13.1. The van der Waals surface area contributed by atoms with Crippen molar-refractivity contribution in [3.8, 4) is 11.5 Å². The van der Waals surface area contributed by atoms with Crippen molar-refractivity contribution < 1.29 is 22.7 Å². The number of sulfonamides is 1. The Bertz CT molecular complexity index is 880. The Balaban J connectivity index is 1.36. The molecule has 3 unspecified atom stereocenters. The highest BCUT2D eigenvalue weighted by Crippen LogP contribution is 2.34. The van der Waals surface area contributed by atoms with Crippen molar-refractivity contribution in [1.82, 2.24) is 9.62 Å². The fraction of sp³-hybridized carbons (Fsp3) is 0.682. The maximum Gasteiger partial charge on any atom is 0.243 e. The summed E-state index contributed by atoms with van der Waals surface area (Å²) in [7, 11) is -3.62. The fourth-order valence-corrected chi connectivity index (χ4v) is 6.26. The quantitative estimate of drug-likeness (QED) is 0.785. The number of nitrogens with one attached hydrogen (secondary N) is 1. The van der Waals surface area contributed by atoms with Crippen molar-refractivity contribution in [1.29, 1.82) is 0 Å². The van der Waals surface area contributed by atoms with Crippen LogP contribution < -0.4 is 14.8 Å². The Morgan fingerprint density at radius 3 is 2.47 bits per heavy atom. The molecule has 0 aromatic heterocycles. The van der Waals surface area contributed by atoms with E-state index in [0.29, 0.717) is 62.5 Å². The lowest BCUT2D eigenvalue weighted by atomic mass is 9.78. The van der Waals surface area contributed by atoms with Crippen LogP contribution in [-0.2, 0) is 14.8 Å². The minimum Gasteiger partial charge on any atom is -0.486 e. The normalized spacial score (nSPS) is 28.1. The van der Waals surface area contributed by atoms with Crippen LogP contribution in [0.1, 0.15) is 46.0 Å². The molecule has 1 amide bonds. The van der Waals surface area contributed by atoms with Gasteiger partial charge in [0.2, 0.25) is 15.9 Å². The Morgan fingerprint density at radius 2 is 1.73 bits per heavy atom. The average molecular weight is 437 g/mol. The van der Waals surface area contributed by atoms with Crippen molar-refractivity contribution in [3.63, 3.8) is 0 Å². The Morgan fingerprint density at radius 1 is 1.03 bits per heavy atom. The Kier molecular flexibility index (Phi) is 6.25. The standard InChI is InChI=1S/C22H32N2O5S/c1-15-4-3-5-19(16(15)2)23-22(25)17-8-10-24(11-9-17)30(26,27)18-6-7-20-21(14-18)29-13-12-28-20/h6-7,14-17,19H,3-5,8-13H2,1-2H3,(H,23,25). The van der Waals surface area contributed by atoms with E-state index >= 15 is 0 Å². The van der Waals surface area contributed by atoms with Gasteiger partial charge in [0.25, 0.3) is 0 Å². The molecule has 2 fully saturated rings. The van der Waals surface area contributed by atoms with Crippen molar-refractivity contribution in [2.45, 2.75) is 56.9 Å². The molecule has 2 heterocycles. The number of nitrogens with zero attached hydrogens (tertiary/aromatic N) is 1. The molecule has 8 heteroatoms. The summed E-state index contributed by atoms with van der Waals surface area (Å²) in [6, 6.07) is 4.98. The van der Waals surface area contributed by atoms with E-state index in [-0.39, 0.29) is 22.8 Å². The average Bonchev–Trinajstić information content (AvgIpc) is 2.76. The highest BCUT2D eigenvalue weighted by molar-refractivity contribution is 7.89. The molecule has 1 aromatic rings. The first-order valence-electron chi connectivity index (χ1n) is 11.1. The van der Waals surface area contributed by atoms with Crippen LogP contribution >= 0.6 is 0 Å². The van der Waals surface area contributed by atoms with Crippen molar-refractivity contribution in [2.75, 3.05) is 26.3 Å². The van der Waals surface area contributed by atoms with Crippen LogP contribution in [0.25, 0.3) is 0 Å². The highest BCUT2D eigenvalue weighted by Gasteiger charge is 2.35. The molecular formula is C22H32N2O5S. The molecule has 2 aliphatic heterocycles. The van der Waals surface area contributed by atoms with Crippen LogP contribution in [0.2, 0.25) is 0 Å². The van der Waals surface area contributed by atoms with E-state index in [4.69, 9.17) is 9.47 Å². The fourth-order valence-electron chi connectivity index (χ4n) is 4.78. The molecule has 3 atom stereocenters. The van der Waals surface area contributed by atoms with Gasteiger partial charge in [0, 0.05) is 31.1 Å². The molecule has 166 valence electrons. The van der Waals surface area contributed by atoms with Crippen LogP contribution in [0, 0.1) is 17.8 Å². The first-order valence-corrected chi connectivity index (χ1v) is 12.5. The van der Waals surface area contributed by atoms with E-state index in [9.17, 15) is 13.2 Å². The van der Waals surface area contributed by atoms with Gasteiger partial charge in [-0.05, 0) is 43.2 Å². The summed E-state index contributed by atoms with van der Waals surface area (Å²) in [5.41, 5.74) is 0. The van der Waals surface area contributed by atoms with E-state index < -0.39 is 10.0 Å². The van der Waals surface area contributed by atoms with Gasteiger partial charge in [-0.15, -0.1) is 0 Å². The van der Waals surface area contributed by atoms with Gasteiger partial charge in [-0.1, -0.05) is 26.7 Å². The lowest BCUT2D eigenvalue weighted by molar-refractivity contribution is -0.127. The van der Waals surface area contributed by atoms with E-state index in [1.54, 1.807) is 12.1 Å². The molecule has 1 N–H and O–H groups in total. The molecule has 0 bridgehead atoms. The minimum absolute atomic E-state index is 0.0809. The predicted octanol–water partition coefficient (Wildman–Crippen LogP) is 2.80. The third kappa shape index (κ3) is 4.30. The summed E-state index contributed by atoms with van der Waals surface area (Å²) in [5.74, 6) is 2.10. The van der Waals surface area contributed by atoms with E-state index in [2.05, 4.69) is 19.2 Å². The minimum atomic E-state index is -3.62. The molecule has 0 radical (unpaired) electrons. The first-order chi connectivity index (χ1) is 14.4. The molecule has 1 saturated carbocycles. The summed E-state index contributed by atoms with van der Waals surface area (Å²) in [6.07, 6.45) is 4.51. The zero-order valence-electron chi connectivity index (χ0n) is 17.8. The van der Waals surface area contributed by atoms with Gasteiger partial charge < -0.3 is 14.8 Å². The number of benzene rings is 1. The Hall–Kier alpha value is -1.80. The number of piperidine rings is 1. The van der Waals surface area contributed by atoms with Crippen molar-refractivity contribution in [3.05, 3.63) is 18.2 Å². The summed E-state index contributed by atoms with van der Waals surface area (Å²) in [5, 5.41) is 3.25. The van der Waals surface area contributed by atoms with Crippen LogP contribution in [0.5, 0.6) is 11.5 Å². The molecule has 0 spiro atoms. The summed E-state index contributed by atoms with van der Waals surface area (Å²) in [4.78, 5) is 13.0. The molecule has 3 aliphatic rings. The largest absolute Gasteiger partial charge is 0.486 e. The van der Waals surface area contributed by atoms with Gasteiger partial charge in [-0.3, -0.25) is 4.79 Å². The Labute approximate surface area is 179 Å². The number of carbonyl (C=O) groups is 1. The molecule has 30 heavy (non-hydrogen) atoms. The number of hydrogen-bond acceptors (Lipinski definition) is 5. The second-order valence-corrected chi connectivity index (χ2v) is 10.8. The van der Waals surface area contributed by atoms with E-state index in [1.165, 1.54) is 16.8 Å². The van der Waals surface area contributed by atoms with E-state index in [1.807, 2.05) is 0 Å². The second-order valence-electron chi connectivity index (χ2n) is 8.87. The second kappa shape index (κ2) is 8.75. The lowest BCUT2D eigenvalue weighted by Gasteiger charge is -2.36. The summed E-state index contributed by atoms with van der Waals surface area (Å²) >= 11 is 0. The SMILES string of the molecule is CC1CCCC(NC(=O)C2CCN(S(=O)(=O)c3ccc4c(c3)OCCO4)CC2)C1C. The topological polar surface area (TPSA) is 84.9 Å². The molecular weight excluding hydrogens is 404 g/mol. The molecule has 1 aromatic carbocycles. The third-order valence-electron chi connectivity index (χ3n) is 7.01. The van der Waals surface area contributed by atoms with Crippen LogP contribution in [0.4, 0.5) is 0 Å². The molecule has 1 saturated heterocycles. The predicted molar refractivity (Wildman–Crippen MR) is 113 cm³/mol. The van der Waals surface area contributed by atoms with Crippen LogP contribution in [0.3, 0.4) is 0 Å². The van der Waals surface area contributed by atoms with Crippen LogP contribution in [0.15, 0.2) is 23.1 Å². The van der Waals surface area contributed by atoms with Gasteiger partial charge in [0.1, 0.15) is 13.2 Å². The van der Waals surface area contributed by atoms with Crippen LogP contribution in [-0.4, -0.2) is 51.0 Å². The highest BCUT2D eigenvalue weighted by atomic mass is 32.2. The van der Waals surface area contributed by atoms with E-state index in [0.717, 1.165) is 12.8 Å². The summed E-state index contributed by atoms with van der Waals surface area (Å²) < 4.78 is 38.6. The lowest BCUT2D eigenvalue weighted by Crippen LogP contribution is -2.48. The zero-order valence-corrected chi connectivity index (χ0v) is 18.6. The van der Waals surface area contributed by atoms with Crippen molar-refractivity contribution >= 4 is 15.9 Å². The molecule has 1 aliphatic carbocycles. The number of fused-ring (bicyclic) bond motifs is 1. The van der Waals surface area contributed by atoms with Gasteiger partial charge in [-0.25, -0.2) is 8.42 Å². The van der Waals surface area contributed by atoms with Crippen molar-refractivity contribution in [2.24, 2.45) is 17.8 Å². The summed E-state index contributed by atoms with van der Waals surface area (Å²) in [6.45, 7) is 6.06. The number of amides is 1. The number of hydrogen-bond donors (Lipinski definition) is 1. The van der Waals surface area contributed by atoms with Gasteiger partial charge in [0.05, 0.1) is 4.90 Å². The van der Waals surface area contributed by atoms with Gasteiger partial charge in [0.15, 0.2) is 11.5 Å². The third-order valence-corrected chi connectivity index (χ3v) is 8.91. The number of ether oxygens (including phenoxy) is 2. The first kappa shape index (κ1) is 21.4. The number of rotatable bonds is 4.